The molecule has 0 fully saturated rings. The third-order valence-corrected chi connectivity index (χ3v) is 3.48. The number of nitrogens with one attached hydrogen (secondary N) is 3. The van der Waals surface area contributed by atoms with Crippen LogP contribution in [0.1, 0.15) is 52.5 Å². The normalized spacial score (nSPS) is 13.3. The molecule has 3 N–H and O–H groups in total. The Morgan fingerprint density at radius 3 is 2.42 bits per heavy atom. The smallest absolute Gasteiger partial charge is 0.242 e. The number of carbonyl (C=O) groups excluding carboxylic acids is 1. The fourth-order valence-corrected chi connectivity index (χ4v) is 2.31. The van der Waals surface area contributed by atoms with Crippen molar-refractivity contribution in [2.45, 2.75) is 52.5 Å². The van der Waals surface area contributed by atoms with E-state index >= 15 is 0 Å². The second-order valence-corrected chi connectivity index (χ2v) is 7.02. The van der Waals surface area contributed by atoms with Crippen LogP contribution in [0, 0.1) is 0 Å². The van der Waals surface area contributed by atoms with Gasteiger partial charge in [0.05, 0.1) is 0 Å². The highest BCUT2D eigenvalue weighted by Crippen LogP contribution is 2.17. The molecule has 0 aliphatic heterocycles. The van der Waals surface area contributed by atoms with Gasteiger partial charge in [0.1, 0.15) is 6.54 Å². The van der Waals surface area contributed by atoms with Crippen molar-refractivity contribution >= 4 is 11.9 Å². The lowest BCUT2D eigenvalue weighted by Gasteiger charge is -2.20. The van der Waals surface area contributed by atoms with Crippen LogP contribution in [0.15, 0.2) is 35.3 Å². The third kappa shape index (κ3) is 8.56. The molecule has 0 saturated carbocycles. The summed E-state index contributed by atoms with van der Waals surface area (Å²) in [6.45, 7) is 11.8. The van der Waals surface area contributed by atoms with Crippen molar-refractivity contribution in [3.05, 3.63) is 35.9 Å². The number of guanidine groups is 1. The van der Waals surface area contributed by atoms with Gasteiger partial charge in [0, 0.05) is 18.6 Å². The molecule has 1 atom stereocenters. The van der Waals surface area contributed by atoms with Gasteiger partial charge in [-0.3, -0.25) is 4.79 Å². The average molecular weight is 332 g/mol. The Morgan fingerprint density at radius 1 is 1.17 bits per heavy atom. The summed E-state index contributed by atoms with van der Waals surface area (Å²) in [6, 6.07) is 10.5. The van der Waals surface area contributed by atoms with E-state index in [1.165, 1.54) is 5.56 Å². The van der Waals surface area contributed by atoms with Crippen LogP contribution in [-0.4, -0.2) is 37.0 Å². The summed E-state index contributed by atoms with van der Waals surface area (Å²) in [5, 5.41) is 9.38. The van der Waals surface area contributed by atoms with Crippen molar-refractivity contribution in [1.82, 2.24) is 16.0 Å². The largest absolute Gasteiger partial charge is 0.357 e. The molecule has 1 aromatic rings. The van der Waals surface area contributed by atoms with E-state index in [9.17, 15) is 4.79 Å². The molecule has 0 aliphatic rings. The summed E-state index contributed by atoms with van der Waals surface area (Å²) >= 11 is 0. The van der Waals surface area contributed by atoms with E-state index in [4.69, 9.17) is 0 Å². The zero-order valence-corrected chi connectivity index (χ0v) is 15.6. The SMILES string of the molecule is CCNC(=NCC(=O)NC(C)(C)C)NCCC(C)c1ccccc1. The molecular formula is C19H32N4O. The number of amides is 1. The van der Waals surface area contributed by atoms with Gasteiger partial charge in [-0.15, -0.1) is 0 Å². The Morgan fingerprint density at radius 2 is 1.83 bits per heavy atom. The number of rotatable bonds is 7. The van der Waals surface area contributed by atoms with Crippen LogP contribution in [0.25, 0.3) is 0 Å². The molecule has 0 spiro atoms. The summed E-state index contributed by atoms with van der Waals surface area (Å²) in [4.78, 5) is 16.2. The molecule has 0 bridgehead atoms. The molecule has 0 radical (unpaired) electrons. The Bertz CT molecular complexity index is 520. The third-order valence-electron chi connectivity index (χ3n) is 3.48. The van der Waals surface area contributed by atoms with Crippen molar-refractivity contribution in [3.8, 4) is 0 Å². The second kappa shape index (κ2) is 9.96. The van der Waals surface area contributed by atoms with Crippen LogP contribution >= 0.6 is 0 Å². The maximum Gasteiger partial charge on any atom is 0.242 e. The maximum atomic E-state index is 11.9. The van der Waals surface area contributed by atoms with E-state index in [0.29, 0.717) is 11.9 Å². The maximum absolute atomic E-state index is 11.9. The number of hydrogen-bond donors (Lipinski definition) is 3. The minimum Gasteiger partial charge on any atom is -0.357 e. The van der Waals surface area contributed by atoms with Crippen LogP contribution in [0.2, 0.25) is 0 Å². The van der Waals surface area contributed by atoms with E-state index in [1.807, 2.05) is 33.8 Å². The molecule has 5 nitrogen and oxygen atoms in total. The minimum absolute atomic E-state index is 0.0719. The number of benzene rings is 1. The van der Waals surface area contributed by atoms with E-state index in [0.717, 1.165) is 19.5 Å². The van der Waals surface area contributed by atoms with Crippen LogP contribution in [0.5, 0.6) is 0 Å². The average Bonchev–Trinajstić information content (AvgIpc) is 2.51. The van der Waals surface area contributed by atoms with Crippen LogP contribution in [0.4, 0.5) is 0 Å². The molecule has 0 heterocycles. The molecule has 0 aromatic heterocycles. The van der Waals surface area contributed by atoms with Crippen LogP contribution in [-0.2, 0) is 4.79 Å². The quantitative estimate of drug-likeness (QED) is 0.531. The lowest BCUT2D eigenvalue weighted by molar-refractivity contribution is -0.121. The van der Waals surface area contributed by atoms with Gasteiger partial charge >= 0.3 is 0 Å². The first kappa shape index (κ1) is 20.0. The fourth-order valence-electron chi connectivity index (χ4n) is 2.31. The predicted molar refractivity (Wildman–Crippen MR) is 101 cm³/mol. The first-order valence-electron chi connectivity index (χ1n) is 8.70. The number of carbonyl (C=O) groups is 1. The van der Waals surface area contributed by atoms with Gasteiger partial charge in [0.2, 0.25) is 5.91 Å². The zero-order valence-electron chi connectivity index (χ0n) is 15.6. The summed E-state index contributed by atoms with van der Waals surface area (Å²) in [7, 11) is 0. The Labute approximate surface area is 146 Å². The highest BCUT2D eigenvalue weighted by atomic mass is 16.2. The van der Waals surface area contributed by atoms with Crippen LogP contribution < -0.4 is 16.0 Å². The highest BCUT2D eigenvalue weighted by molar-refractivity contribution is 5.85. The van der Waals surface area contributed by atoms with Gasteiger partial charge in [-0.1, -0.05) is 37.3 Å². The highest BCUT2D eigenvalue weighted by Gasteiger charge is 2.13. The summed E-state index contributed by atoms with van der Waals surface area (Å²) in [5.74, 6) is 1.09. The molecule has 1 unspecified atom stereocenters. The Kier molecular flexibility index (Phi) is 8.30. The molecule has 0 saturated heterocycles. The summed E-state index contributed by atoms with van der Waals surface area (Å²) in [5.41, 5.74) is 1.11. The number of nitrogens with zero attached hydrogens (tertiary/aromatic N) is 1. The molecule has 1 amide bonds. The van der Waals surface area contributed by atoms with Gasteiger partial charge in [-0.05, 0) is 45.6 Å². The molecule has 0 aliphatic carbocycles. The first-order valence-corrected chi connectivity index (χ1v) is 8.70. The molecule has 1 rings (SSSR count). The standard InChI is InChI=1S/C19H32N4O/c1-6-20-18(22-14-17(24)23-19(3,4)5)21-13-12-15(2)16-10-8-7-9-11-16/h7-11,15H,6,12-14H2,1-5H3,(H,23,24)(H2,20,21,22). The Hall–Kier alpha value is -2.04. The van der Waals surface area contributed by atoms with Gasteiger partial charge in [-0.25, -0.2) is 4.99 Å². The van der Waals surface area contributed by atoms with Gasteiger partial charge in [0.25, 0.3) is 0 Å². The molecule has 5 heteroatoms. The van der Waals surface area contributed by atoms with Crippen molar-refractivity contribution in [2.24, 2.45) is 4.99 Å². The zero-order chi connectivity index (χ0) is 18.0. The van der Waals surface area contributed by atoms with Crippen molar-refractivity contribution in [2.75, 3.05) is 19.6 Å². The van der Waals surface area contributed by atoms with Gasteiger partial charge < -0.3 is 16.0 Å². The van der Waals surface area contributed by atoms with Gasteiger partial charge in [0.15, 0.2) is 5.96 Å². The lowest BCUT2D eigenvalue weighted by Crippen LogP contribution is -2.43. The van der Waals surface area contributed by atoms with Crippen molar-refractivity contribution < 1.29 is 4.79 Å². The number of aliphatic imine (C=N–C) groups is 1. The molecule has 24 heavy (non-hydrogen) atoms. The van der Waals surface area contributed by atoms with Crippen molar-refractivity contribution in [1.29, 1.82) is 0 Å². The molecule has 134 valence electrons. The summed E-state index contributed by atoms with van der Waals surface area (Å²) in [6.07, 6.45) is 1.00. The number of hydrogen-bond acceptors (Lipinski definition) is 2. The topological polar surface area (TPSA) is 65.5 Å². The van der Waals surface area contributed by atoms with Crippen LogP contribution in [0.3, 0.4) is 0 Å². The van der Waals surface area contributed by atoms with E-state index in [-0.39, 0.29) is 18.0 Å². The second-order valence-electron chi connectivity index (χ2n) is 7.02. The molecular weight excluding hydrogens is 300 g/mol. The van der Waals surface area contributed by atoms with E-state index in [1.54, 1.807) is 0 Å². The summed E-state index contributed by atoms with van der Waals surface area (Å²) < 4.78 is 0. The molecule has 1 aromatic carbocycles. The van der Waals surface area contributed by atoms with Crippen molar-refractivity contribution in [3.63, 3.8) is 0 Å². The Balaban J connectivity index is 2.45. The van der Waals surface area contributed by atoms with E-state index < -0.39 is 0 Å². The monoisotopic (exact) mass is 332 g/mol. The predicted octanol–water partition coefficient (Wildman–Crippen LogP) is 2.65. The minimum atomic E-state index is -0.233. The van der Waals surface area contributed by atoms with E-state index in [2.05, 4.69) is 52.1 Å². The van der Waals surface area contributed by atoms with Gasteiger partial charge in [-0.2, -0.15) is 0 Å². The fraction of sp³-hybridized carbons (Fsp3) is 0.579. The first-order chi connectivity index (χ1) is 11.3. The lowest BCUT2D eigenvalue weighted by atomic mass is 9.98.